The van der Waals surface area contributed by atoms with Crippen LogP contribution in [0.4, 0.5) is 11.4 Å². The minimum Gasteiger partial charge on any atom is -0.326 e. The average molecular weight is 373 g/mol. The second-order valence-electron chi connectivity index (χ2n) is 5.74. The Bertz CT molecular complexity index is 743. The molecule has 118 valence electrons. The molecule has 0 bridgehead atoms. The van der Waals surface area contributed by atoms with Crippen molar-refractivity contribution in [1.82, 2.24) is 0 Å². The number of amides is 2. The molecule has 1 saturated heterocycles. The fraction of sp³-hybridized carbons (Fsp3) is 0.222. The lowest BCUT2D eigenvalue weighted by Crippen LogP contribution is -2.28. The Labute approximate surface area is 143 Å². The summed E-state index contributed by atoms with van der Waals surface area (Å²) in [6.07, 6.45) is 0.244. The maximum Gasteiger partial charge on any atom is 0.229 e. The second-order valence-corrected chi connectivity index (χ2v) is 6.66. The zero-order chi connectivity index (χ0) is 16.4. The molecule has 0 saturated carbocycles. The Balaban J connectivity index is 1.69. The molecule has 2 aromatic carbocycles. The van der Waals surface area contributed by atoms with Crippen molar-refractivity contribution in [1.29, 1.82) is 0 Å². The van der Waals surface area contributed by atoms with Crippen LogP contribution in [0.1, 0.15) is 12.0 Å². The predicted octanol–water partition coefficient (Wildman–Crippen LogP) is 3.75. The first-order valence-electron chi connectivity index (χ1n) is 7.46. The van der Waals surface area contributed by atoms with E-state index in [1.807, 2.05) is 55.5 Å². The molecule has 0 radical (unpaired) electrons. The number of anilines is 2. The molecule has 1 aliphatic heterocycles. The monoisotopic (exact) mass is 372 g/mol. The number of aryl methyl sites for hydroxylation is 1. The molecule has 4 nitrogen and oxygen atoms in total. The summed E-state index contributed by atoms with van der Waals surface area (Å²) in [5.41, 5.74) is 2.68. The average Bonchev–Trinajstić information content (AvgIpc) is 2.90. The minimum absolute atomic E-state index is 0.0169. The minimum atomic E-state index is -0.327. The normalized spacial score (nSPS) is 17.4. The first kappa shape index (κ1) is 15.7. The third-order valence-electron chi connectivity index (χ3n) is 3.92. The number of halogens is 1. The maximum atomic E-state index is 12.4. The summed E-state index contributed by atoms with van der Waals surface area (Å²) < 4.78 is 0.960. The van der Waals surface area contributed by atoms with Crippen LogP contribution in [-0.2, 0) is 9.59 Å². The van der Waals surface area contributed by atoms with E-state index in [0.717, 1.165) is 21.4 Å². The highest BCUT2D eigenvalue weighted by Crippen LogP contribution is 2.27. The van der Waals surface area contributed by atoms with Crippen LogP contribution in [0, 0.1) is 12.8 Å². The van der Waals surface area contributed by atoms with Crippen LogP contribution in [0.15, 0.2) is 53.0 Å². The topological polar surface area (TPSA) is 49.4 Å². The highest BCUT2D eigenvalue weighted by atomic mass is 79.9. The maximum absolute atomic E-state index is 12.4. The van der Waals surface area contributed by atoms with Gasteiger partial charge in [0, 0.05) is 28.8 Å². The van der Waals surface area contributed by atoms with Gasteiger partial charge in [-0.1, -0.05) is 28.1 Å². The highest BCUT2D eigenvalue weighted by Gasteiger charge is 2.35. The van der Waals surface area contributed by atoms with Gasteiger partial charge in [-0.15, -0.1) is 0 Å². The van der Waals surface area contributed by atoms with Crippen molar-refractivity contribution in [3.05, 3.63) is 58.6 Å². The van der Waals surface area contributed by atoms with E-state index in [4.69, 9.17) is 0 Å². The molecular weight excluding hydrogens is 356 g/mol. The first-order chi connectivity index (χ1) is 11.0. The Kier molecular flexibility index (Phi) is 4.48. The van der Waals surface area contributed by atoms with E-state index in [-0.39, 0.29) is 24.2 Å². The molecule has 2 amide bonds. The van der Waals surface area contributed by atoms with Crippen molar-refractivity contribution >= 4 is 39.1 Å². The summed E-state index contributed by atoms with van der Waals surface area (Å²) in [4.78, 5) is 26.3. The third kappa shape index (κ3) is 3.62. The molecule has 0 aromatic heterocycles. The lowest BCUT2D eigenvalue weighted by atomic mass is 10.1. The third-order valence-corrected chi connectivity index (χ3v) is 4.45. The summed E-state index contributed by atoms with van der Waals surface area (Å²) in [6.45, 7) is 2.39. The smallest absolute Gasteiger partial charge is 0.229 e. The molecule has 1 atom stereocenters. The van der Waals surface area contributed by atoms with Crippen molar-refractivity contribution < 1.29 is 9.59 Å². The van der Waals surface area contributed by atoms with Crippen molar-refractivity contribution in [3.8, 4) is 0 Å². The number of hydrogen-bond donors (Lipinski definition) is 1. The molecule has 0 unspecified atom stereocenters. The van der Waals surface area contributed by atoms with Gasteiger partial charge in [0.05, 0.1) is 5.92 Å². The van der Waals surface area contributed by atoms with Crippen LogP contribution in [0.2, 0.25) is 0 Å². The van der Waals surface area contributed by atoms with Crippen LogP contribution in [0.3, 0.4) is 0 Å². The molecule has 5 heteroatoms. The van der Waals surface area contributed by atoms with Gasteiger partial charge in [0.1, 0.15) is 0 Å². The molecule has 1 heterocycles. The van der Waals surface area contributed by atoms with E-state index >= 15 is 0 Å². The molecule has 2 aromatic rings. The largest absolute Gasteiger partial charge is 0.326 e. The summed E-state index contributed by atoms with van der Waals surface area (Å²) in [7, 11) is 0. The highest BCUT2D eigenvalue weighted by molar-refractivity contribution is 9.10. The SMILES string of the molecule is Cc1cccc(NC(=O)[C@H]2CC(=O)N(c3ccc(Br)cc3)C2)c1. The van der Waals surface area contributed by atoms with Gasteiger partial charge in [-0.3, -0.25) is 9.59 Å². The van der Waals surface area contributed by atoms with E-state index in [1.165, 1.54) is 0 Å². The summed E-state index contributed by atoms with van der Waals surface area (Å²) >= 11 is 3.38. The van der Waals surface area contributed by atoms with Crippen molar-refractivity contribution in [2.75, 3.05) is 16.8 Å². The Hall–Kier alpha value is -2.14. The van der Waals surface area contributed by atoms with Gasteiger partial charge in [0.15, 0.2) is 0 Å². The number of benzene rings is 2. The molecule has 1 fully saturated rings. The summed E-state index contributed by atoms with van der Waals surface area (Å²) in [6, 6.07) is 15.2. The molecular formula is C18H17BrN2O2. The Morgan fingerprint density at radius 3 is 2.65 bits per heavy atom. The second kappa shape index (κ2) is 6.54. The molecule has 3 rings (SSSR count). The van der Waals surface area contributed by atoms with E-state index in [0.29, 0.717) is 6.54 Å². The van der Waals surface area contributed by atoms with Crippen LogP contribution < -0.4 is 10.2 Å². The molecule has 1 aliphatic rings. The Morgan fingerprint density at radius 1 is 1.22 bits per heavy atom. The number of nitrogens with one attached hydrogen (secondary N) is 1. The van der Waals surface area contributed by atoms with E-state index in [9.17, 15) is 9.59 Å². The summed E-state index contributed by atoms with van der Waals surface area (Å²) in [5.74, 6) is -0.452. The lowest BCUT2D eigenvalue weighted by molar-refractivity contribution is -0.122. The fourth-order valence-electron chi connectivity index (χ4n) is 2.72. The molecule has 1 N–H and O–H groups in total. The van der Waals surface area contributed by atoms with Gasteiger partial charge < -0.3 is 10.2 Å². The fourth-order valence-corrected chi connectivity index (χ4v) is 2.99. The predicted molar refractivity (Wildman–Crippen MR) is 94.4 cm³/mol. The van der Waals surface area contributed by atoms with Gasteiger partial charge >= 0.3 is 0 Å². The lowest BCUT2D eigenvalue weighted by Gasteiger charge is -2.17. The number of nitrogens with zero attached hydrogens (tertiary/aromatic N) is 1. The van der Waals surface area contributed by atoms with Gasteiger partial charge in [-0.25, -0.2) is 0 Å². The molecule has 0 spiro atoms. The van der Waals surface area contributed by atoms with Crippen LogP contribution in [0.5, 0.6) is 0 Å². The van der Waals surface area contributed by atoms with Gasteiger partial charge in [-0.2, -0.15) is 0 Å². The zero-order valence-corrected chi connectivity index (χ0v) is 14.3. The van der Waals surface area contributed by atoms with Gasteiger partial charge in [-0.05, 0) is 48.9 Å². The molecule has 0 aliphatic carbocycles. The van der Waals surface area contributed by atoms with Gasteiger partial charge in [0.25, 0.3) is 0 Å². The standard InChI is InChI=1S/C18H17BrN2O2/c1-12-3-2-4-15(9-12)20-18(23)13-10-17(22)21(11-13)16-7-5-14(19)6-8-16/h2-9,13H,10-11H2,1H3,(H,20,23)/t13-/m0/s1. The van der Waals surface area contributed by atoms with Crippen LogP contribution >= 0.6 is 15.9 Å². The number of carbonyl (C=O) groups excluding carboxylic acids is 2. The van der Waals surface area contributed by atoms with Gasteiger partial charge in [0.2, 0.25) is 11.8 Å². The molecule has 23 heavy (non-hydrogen) atoms. The quantitative estimate of drug-likeness (QED) is 0.891. The number of hydrogen-bond acceptors (Lipinski definition) is 2. The van der Waals surface area contributed by atoms with Crippen molar-refractivity contribution in [3.63, 3.8) is 0 Å². The Morgan fingerprint density at radius 2 is 1.96 bits per heavy atom. The van der Waals surface area contributed by atoms with Crippen molar-refractivity contribution in [2.24, 2.45) is 5.92 Å². The first-order valence-corrected chi connectivity index (χ1v) is 8.26. The summed E-state index contributed by atoms with van der Waals surface area (Å²) in [5, 5.41) is 2.90. The zero-order valence-electron chi connectivity index (χ0n) is 12.8. The number of carbonyl (C=O) groups is 2. The van der Waals surface area contributed by atoms with E-state index in [1.54, 1.807) is 4.90 Å². The van der Waals surface area contributed by atoms with E-state index < -0.39 is 0 Å². The van der Waals surface area contributed by atoms with E-state index in [2.05, 4.69) is 21.2 Å². The van der Waals surface area contributed by atoms with Crippen molar-refractivity contribution in [2.45, 2.75) is 13.3 Å². The number of rotatable bonds is 3. The van der Waals surface area contributed by atoms with Crippen LogP contribution in [-0.4, -0.2) is 18.4 Å². The van der Waals surface area contributed by atoms with Crippen LogP contribution in [0.25, 0.3) is 0 Å².